The average molecular weight is 290 g/mol. The molecule has 0 aliphatic heterocycles. The largest absolute Gasteiger partial charge is 0.381 e. The summed E-state index contributed by atoms with van der Waals surface area (Å²) in [6.07, 6.45) is 4.05. The van der Waals surface area contributed by atoms with Gasteiger partial charge in [-0.1, -0.05) is 0 Å². The number of methoxy groups -OCH3 is 1. The lowest BCUT2D eigenvalue weighted by molar-refractivity contribution is 0.107. The van der Waals surface area contributed by atoms with Gasteiger partial charge >= 0.3 is 0 Å². The van der Waals surface area contributed by atoms with E-state index in [-0.39, 0.29) is 0 Å². The van der Waals surface area contributed by atoms with E-state index in [9.17, 15) is 0 Å². The number of rotatable bonds is 4. The van der Waals surface area contributed by atoms with Crippen LogP contribution >= 0.6 is 27.3 Å². The maximum Gasteiger partial charge on any atom is 0.0586 e. The predicted octanol–water partition coefficient (Wildman–Crippen LogP) is 3.17. The van der Waals surface area contributed by atoms with Gasteiger partial charge in [-0.25, -0.2) is 0 Å². The van der Waals surface area contributed by atoms with Gasteiger partial charge in [-0.05, 0) is 46.6 Å². The maximum absolute atomic E-state index is 5.36. The highest BCUT2D eigenvalue weighted by Crippen LogP contribution is 2.25. The fourth-order valence-corrected chi connectivity index (χ4v) is 3.47. The first-order valence-electron chi connectivity index (χ1n) is 5.27. The second-order valence-electron chi connectivity index (χ2n) is 3.94. The van der Waals surface area contributed by atoms with Crippen LogP contribution in [0.25, 0.3) is 0 Å². The van der Waals surface area contributed by atoms with Crippen molar-refractivity contribution < 1.29 is 4.74 Å². The molecule has 2 nitrogen and oxygen atoms in total. The topological polar surface area (TPSA) is 21.3 Å². The molecule has 1 heterocycles. The molecule has 1 saturated carbocycles. The molecule has 2 rings (SSSR count). The number of halogens is 1. The first-order valence-corrected chi connectivity index (χ1v) is 6.95. The molecule has 1 fully saturated rings. The van der Waals surface area contributed by atoms with Crippen molar-refractivity contribution in [3.05, 3.63) is 20.8 Å². The molecular weight excluding hydrogens is 274 g/mol. The summed E-state index contributed by atoms with van der Waals surface area (Å²) in [5.41, 5.74) is 0. The van der Waals surface area contributed by atoms with E-state index in [0.717, 1.165) is 13.0 Å². The number of hydrogen-bond donors (Lipinski definition) is 1. The lowest BCUT2D eigenvalue weighted by Crippen LogP contribution is -2.26. The molecule has 0 spiro atoms. The van der Waals surface area contributed by atoms with Crippen molar-refractivity contribution in [1.82, 2.24) is 5.32 Å². The van der Waals surface area contributed by atoms with Crippen LogP contribution in [0.3, 0.4) is 0 Å². The summed E-state index contributed by atoms with van der Waals surface area (Å²) >= 11 is 5.35. The van der Waals surface area contributed by atoms with Gasteiger partial charge in [0.1, 0.15) is 0 Å². The van der Waals surface area contributed by atoms with E-state index in [1.807, 2.05) is 7.11 Å². The zero-order chi connectivity index (χ0) is 10.7. The van der Waals surface area contributed by atoms with Crippen LogP contribution in [-0.4, -0.2) is 19.3 Å². The monoisotopic (exact) mass is 289 g/mol. The van der Waals surface area contributed by atoms with Gasteiger partial charge in [0, 0.05) is 29.0 Å². The van der Waals surface area contributed by atoms with Crippen LogP contribution in [0, 0.1) is 0 Å². The van der Waals surface area contributed by atoms with Gasteiger partial charge in [0.2, 0.25) is 0 Å². The van der Waals surface area contributed by atoms with Crippen LogP contribution in [0.15, 0.2) is 15.9 Å². The summed E-state index contributed by atoms with van der Waals surface area (Å²) in [5, 5.41) is 5.71. The lowest BCUT2D eigenvalue weighted by Gasteiger charge is -2.12. The lowest BCUT2D eigenvalue weighted by atomic mass is 10.2. The van der Waals surface area contributed by atoms with Crippen molar-refractivity contribution in [1.29, 1.82) is 0 Å². The minimum absolute atomic E-state index is 0.467. The zero-order valence-electron chi connectivity index (χ0n) is 8.83. The molecule has 84 valence electrons. The summed E-state index contributed by atoms with van der Waals surface area (Å²) in [6.45, 7) is 0.972. The van der Waals surface area contributed by atoms with Crippen molar-refractivity contribution in [2.45, 2.75) is 38.0 Å². The van der Waals surface area contributed by atoms with E-state index in [2.05, 4.69) is 32.7 Å². The third kappa shape index (κ3) is 3.03. The first kappa shape index (κ1) is 11.6. The number of hydrogen-bond acceptors (Lipinski definition) is 3. The Kier molecular flexibility index (Phi) is 4.20. The van der Waals surface area contributed by atoms with Gasteiger partial charge in [0.05, 0.1) is 6.10 Å². The summed E-state index contributed by atoms with van der Waals surface area (Å²) in [5.74, 6) is 0. The van der Waals surface area contributed by atoms with Gasteiger partial charge in [-0.3, -0.25) is 0 Å². The molecule has 15 heavy (non-hydrogen) atoms. The van der Waals surface area contributed by atoms with Gasteiger partial charge in [0.25, 0.3) is 0 Å². The van der Waals surface area contributed by atoms with Crippen molar-refractivity contribution in [3.63, 3.8) is 0 Å². The Hall–Kier alpha value is 0.100. The molecule has 0 amide bonds. The van der Waals surface area contributed by atoms with E-state index in [1.54, 1.807) is 11.3 Å². The number of nitrogens with one attached hydrogen (secondary N) is 1. The smallest absolute Gasteiger partial charge is 0.0586 e. The molecule has 1 aliphatic rings. The van der Waals surface area contributed by atoms with Crippen LogP contribution in [0.5, 0.6) is 0 Å². The third-order valence-corrected chi connectivity index (χ3v) is 4.89. The second-order valence-corrected chi connectivity index (χ2v) is 5.80. The highest BCUT2D eigenvalue weighted by atomic mass is 79.9. The fraction of sp³-hybridized carbons (Fsp3) is 0.636. The van der Waals surface area contributed by atoms with Gasteiger partial charge in [0.15, 0.2) is 0 Å². The standard InChI is InChI=1S/C11H16BrNOS/c1-14-9-3-2-8(6-9)13-7-11-10(12)4-5-15-11/h4-5,8-9,13H,2-3,6-7H2,1H3. The average Bonchev–Trinajstić information content (AvgIpc) is 2.84. The van der Waals surface area contributed by atoms with Gasteiger partial charge < -0.3 is 10.1 Å². The SMILES string of the molecule is COC1CCC(NCc2sccc2Br)C1. The molecule has 2 atom stereocenters. The molecule has 0 aromatic carbocycles. The Morgan fingerprint density at radius 2 is 2.47 bits per heavy atom. The van der Waals surface area contributed by atoms with Crippen LogP contribution in [0.2, 0.25) is 0 Å². The highest BCUT2D eigenvalue weighted by Gasteiger charge is 2.23. The minimum atomic E-state index is 0.467. The Morgan fingerprint density at radius 1 is 1.60 bits per heavy atom. The zero-order valence-corrected chi connectivity index (χ0v) is 11.2. The van der Waals surface area contributed by atoms with E-state index >= 15 is 0 Å². The van der Waals surface area contributed by atoms with E-state index < -0.39 is 0 Å². The molecule has 1 N–H and O–H groups in total. The van der Waals surface area contributed by atoms with Crippen LogP contribution in [0.4, 0.5) is 0 Å². The van der Waals surface area contributed by atoms with Gasteiger partial charge in [-0.15, -0.1) is 11.3 Å². The molecule has 4 heteroatoms. The van der Waals surface area contributed by atoms with Crippen LogP contribution in [0.1, 0.15) is 24.1 Å². The summed E-state index contributed by atoms with van der Waals surface area (Å²) in [7, 11) is 1.81. The van der Waals surface area contributed by atoms with E-state index in [0.29, 0.717) is 12.1 Å². The van der Waals surface area contributed by atoms with E-state index in [4.69, 9.17) is 4.74 Å². The van der Waals surface area contributed by atoms with Crippen LogP contribution < -0.4 is 5.32 Å². The Bertz CT molecular complexity index is 315. The summed E-state index contributed by atoms with van der Waals surface area (Å²) in [4.78, 5) is 1.39. The Morgan fingerprint density at radius 3 is 3.07 bits per heavy atom. The summed E-state index contributed by atoms with van der Waals surface area (Å²) < 4.78 is 6.58. The van der Waals surface area contributed by atoms with Gasteiger partial charge in [-0.2, -0.15) is 0 Å². The molecule has 0 bridgehead atoms. The van der Waals surface area contributed by atoms with Crippen molar-refractivity contribution in [2.75, 3.05) is 7.11 Å². The molecule has 0 saturated heterocycles. The quantitative estimate of drug-likeness (QED) is 0.919. The molecule has 1 aromatic rings. The number of thiophene rings is 1. The van der Waals surface area contributed by atoms with E-state index in [1.165, 1.54) is 22.2 Å². The Labute approximate surface area is 103 Å². The Balaban J connectivity index is 1.77. The fourth-order valence-electron chi connectivity index (χ4n) is 2.03. The number of ether oxygens (including phenoxy) is 1. The first-order chi connectivity index (χ1) is 7.29. The molecule has 1 aromatic heterocycles. The molecule has 0 radical (unpaired) electrons. The minimum Gasteiger partial charge on any atom is -0.381 e. The van der Waals surface area contributed by atoms with Crippen molar-refractivity contribution >= 4 is 27.3 Å². The van der Waals surface area contributed by atoms with Crippen molar-refractivity contribution in [3.8, 4) is 0 Å². The highest BCUT2D eigenvalue weighted by molar-refractivity contribution is 9.10. The molecule has 2 unspecified atom stereocenters. The summed E-state index contributed by atoms with van der Waals surface area (Å²) in [6, 6.07) is 2.73. The van der Waals surface area contributed by atoms with Crippen molar-refractivity contribution in [2.24, 2.45) is 0 Å². The molecular formula is C11H16BrNOS. The third-order valence-electron chi connectivity index (χ3n) is 2.96. The predicted molar refractivity (Wildman–Crippen MR) is 67.3 cm³/mol. The second kappa shape index (κ2) is 5.43. The maximum atomic E-state index is 5.36. The van der Waals surface area contributed by atoms with Crippen LogP contribution in [-0.2, 0) is 11.3 Å². The normalized spacial score (nSPS) is 26.0. The molecule has 1 aliphatic carbocycles.